The van der Waals surface area contributed by atoms with Crippen LogP contribution >= 0.6 is 0 Å². The molecule has 0 aromatic rings. The largest absolute Gasteiger partial charge is 0.462 e. The smallest absolute Gasteiger partial charge is 0.306 e. The van der Waals surface area contributed by atoms with Crippen LogP contribution in [0.4, 0.5) is 0 Å². The number of allylic oxidation sites excluding steroid dienone is 10. The Morgan fingerprint density at radius 1 is 0.348 bits per heavy atom. The molecule has 384 valence electrons. The first-order valence-corrected chi connectivity index (χ1v) is 28.8. The molecule has 0 saturated carbocycles. The van der Waals surface area contributed by atoms with Gasteiger partial charge in [0.15, 0.2) is 6.10 Å². The zero-order valence-corrected chi connectivity index (χ0v) is 44.2. The minimum atomic E-state index is -0.560. The Hall–Kier alpha value is -2.40. The van der Waals surface area contributed by atoms with Crippen molar-refractivity contribution in [3.05, 3.63) is 60.8 Å². The van der Waals surface area contributed by atoms with E-state index in [4.69, 9.17) is 14.2 Å². The molecule has 1 atom stereocenters. The van der Waals surface area contributed by atoms with E-state index in [9.17, 15) is 9.59 Å². The quantitative estimate of drug-likeness (QED) is 0.0346. The summed E-state index contributed by atoms with van der Waals surface area (Å²) in [6, 6.07) is 0. The molecule has 0 saturated heterocycles. The Morgan fingerprint density at radius 2 is 0.682 bits per heavy atom. The lowest BCUT2D eigenvalue weighted by Gasteiger charge is -2.18. The van der Waals surface area contributed by atoms with Crippen LogP contribution in [0.25, 0.3) is 0 Å². The van der Waals surface area contributed by atoms with Gasteiger partial charge in [0.1, 0.15) is 6.61 Å². The Bertz CT molecular complexity index is 1130. The monoisotopic (exact) mass is 923 g/mol. The number of rotatable bonds is 53. The van der Waals surface area contributed by atoms with E-state index in [1.165, 1.54) is 186 Å². The zero-order chi connectivity index (χ0) is 47.7. The maximum atomic E-state index is 12.8. The third-order valence-corrected chi connectivity index (χ3v) is 12.5. The van der Waals surface area contributed by atoms with Gasteiger partial charge in [-0.2, -0.15) is 0 Å². The second-order valence-electron chi connectivity index (χ2n) is 19.2. The number of hydrogen-bond acceptors (Lipinski definition) is 5. The highest BCUT2D eigenvalue weighted by Crippen LogP contribution is 2.16. The summed E-state index contributed by atoms with van der Waals surface area (Å²) in [5.41, 5.74) is 0. The van der Waals surface area contributed by atoms with Gasteiger partial charge in [-0.05, 0) is 83.5 Å². The Kier molecular flexibility index (Phi) is 54.9. The van der Waals surface area contributed by atoms with Gasteiger partial charge < -0.3 is 14.2 Å². The summed E-state index contributed by atoms with van der Waals surface area (Å²) in [5.74, 6) is -0.435. The van der Waals surface area contributed by atoms with Gasteiger partial charge in [-0.3, -0.25) is 9.59 Å². The van der Waals surface area contributed by atoms with Crippen LogP contribution in [0, 0.1) is 0 Å². The minimum Gasteiger partial charge on any atom is -0.462 e. The zero-order valence-electron chi connectivity index (χ0n) is 44.2. The average molecular weight is 924 g/mol. The lowest BCUT2D eigenvalue weighted by molar-refractivity contribution is -0.163. The number of hydrogen-bond donors (Lipinski definition) is 0. The summed E-state index contributed by atoms with van der Waals surface area (Å²) in [6.45, 7) is 7.70. The first-order valence-electron chi connectivity index (χ1n) is 28.8. The van der Waals surface area contributed by atoms with Gasteiger partial charge in [0.05, 0.1) is 6.61 Å². The first kappa shape index (κ1) is 63.6. The number of esters is 2. The van der Waals surface area contributed by atoms with E-state index in [1.54, 1.807) is 0 Å². The van der Waals surface area contributed by atoms with Gasteiger partial charge in [0.25, 0.3) is 0 Å². The van der Waals surface area contributed by atoms with Crippen LogP contribution in [-0.4, -0.2) is 37.9 Å². The van der Waals surface area contributed by atoms with Crippen molar-refractivity contribution in [2.75, 3.05) is 19.8 Å². The molecule has 0 heterocycles. The second kappa shape index (κ2) is 56.9. The van der Waals surface area contributed by atoms with Crippen LogP contribution in [0.5, 0.6) is 0 Å². The van der Waals surface area contributed by atoms with E-state index < -0.39 is 6.10 Å². The molecule has 0 N–H and O–H groups in total. The standard InChI is InChI=1S/C61H110O5/c1-4-7-10-13-16-19-22-25-28-30-31-32-34-36-39-42-45-48-51-54-60(62)65-58-59(57-64-56-53-50-47-44-41-38-35-29-26-23-20-17-14-11-8-5-2)66-61(63)55-52-49-46-43-40-37-33-27-24-21-18-15-12-9-6-3/h9,12,18,21,26-27,29,33,40,43,59H,4-8,10-11,13-17,19-20,22-25,28,30-32,34-39,41-42,44-58H2,1-3H3/b12-9-,21-18-,29-26-,33-27-,43-40-. The van der Waals surface area contributed by atoms with Crippen LogP contribution in [0.2, 0.25) is 0 Å². The Morgan fingerprint density at radius 3 is 1.14 bits per heavy atom. The van der Waals surface area contributed by atoms with Crippen molar-refractivity contribution in [1.82, 2.24) is 0 Å². The fourth-order valence-electron chi connectivity index (χ4n) is 8.26. The molecule has 0 aliphatic heterocycles. The van der Waals surface area contributed by atoms with Crippen LogP contribution < -0.4 is 0 Å². The average Bonchev–Trinajstić information content (AvgIpc) is 3.32. The van der Waals surface area contributed by atoms with E-state index >= 15 is 0 Å². The number of ether oxygens (including phenoxy) is 3. The molecule has 0 aromatic heterocycles. The molecule has 5 heteroatoms. The molecule has 0 aliphatic rings. The van der Waals surface area contributed by atoms with Gasteiger partial charge in [0.2, 0.25) is 0 Å². The lowest BCUT2D eigenvalue weighted by atomic mass is 10.0. The molecule has 0 bridgehead atoms. The topological polar surface area (TPSA) is 61.8 Å². The van der Waals surface area contributed by atoms with E-state index in [0.29, 0.717) is 19.4 Å². The first-order chi connectivity index (χ1) is 32.6. The molecule has 0 spiro atoms. The molecular formula is C61H110O5. The summed E-state index contributed by atoms with van der Waals surface area (Å²) in [6.07, 6.45) is 72.5. The van der Waals surface area contributed by atoms with E-state index in [0.717, 1.165) is 70.6 Å². The van der Waals surface area contributed by atoms with Gasteiger partial charge in [-0.1, -0.05) is 255 Å². The van der Waals surface area contributed by atoms with Gasteiger partial charge in [-0.15, -0.1) is 0 Å². The SMILES string of the molecule is CC/C=C\C/C=C\C/C=C\C/C=C\CCCCC(=O)OC(COCCCCCCCC/C=C\CCCCCCCC)COC(=O)CCCCCCCCCCCCCCCCCCCCC. The third-order valence-electron chi connectivity index (χ3n) is 12.5. The normalized spacial score (nSPS) is 12.6. The van der Waals surface area contributed by atoms with Crippen molar-refractivity contribution in [3.8, 4) is 0 Å². The molecular weight excluding hydrogens is 813 g/mol. The van der Waals surface area contributed by atoms with E-state index in [1.807, 2.05) is 0 Å². The fraction of sp³-hybridized carbons (Fsp3) is 0.803. The van der Waals surface area contributed by atoms with Crippen molar-refractivity contribution in [2.45, 2.75) is 297 Å². The van der Waals surface area contributed by atoms with Crippen molar-refractivity contribution in [1.29, 1.82) is 0 Å². The van der Waals surface area contributed by atoms with Crippen molar-refractivity contribution in [2.24, 2.45) is 0 Å². The van der Waals surface area contributed by atoms with E-state index in [-0.39, 0.29) is 25.2 Å². The lowest BCUT2D eigenvalue weighted by Crippen LogP contribution is -2.30. The Balaban J connectivity index is 4.28. The second-order valence-corrected chi connectivity index (χ2v) is 19.2. The summed E-state index contributed by atoms with van der Waals surface area (Å²) in [5, 5.41) is 0. The number of carbonyl (C=O) groups excluding carboxylic acids is 2. The highest BCUT2D eigenvalue weighted by molar-refractivity contribution is 5.70. The number of carbonyl (C=O) groups is 2. The molecule has 0 fully saturated rings. The molecule has 0 amide bonds. The highest BCUT2D eigenvalue weighted by Gasteiger charge is 2.17. The minimum absolute atomic E-state index is 0.0685. The molecule has 0 rings (SSSR count). The summed E-state index contributed by atoms with van der Waals surface area (Å²) < 4.78 is 17.4. The van der Waals surface area contributed by atoms with Gasteiger partial charge >= 0.3 is 11.9 Å². The predicted octanol–water partition coefficient (Wildman–Crippen LogP) is 19.7. The van der Waals surface area contributed by atoms with Crippen molar-refractivity contribution in [3.63, 3.8) is 0 Å². The molecule has 0 aromatic carbocycles. The van der Waals surface area contributed by atoms with Gasteiger partial charge in [0, 0.05) is 19.4 Å². The van der Waals surface area contributed by atoms with Crippen LogP contribution in [0.15, 0.2) is 60.8 Å². The molecule has 66 heavy (non-hydrogen) atoms. The van der Waals surface area contributed by atoms with Crippen molar-refractivity contribution >= 4 is 11.9 Å². The summed E-state index contributed by atoms with van der Waals surface area (Å²) in [7, 11) is 0. The maximum absolute atomic E-state index is 12.8. The van der Waals surface area contributed by atoms with Crippen LogP contribution in [0.3, 0.4) is 0 Å². The summed E-state index contributed by atoms with van der Waals surface area (Å²) in [4.78, 5) is 25.5. The summed E-state index contributed by atoms with van der Waals surface area (Å²) >= 11 is 0. The molecule has 0 aliphatic carbocycles. The maximum Gasteiger partial charge on any atom is 0.306 e. The fourth-order valence-corrected chi connectivity index (χ4v) is 8.26. The van der Waals surface area contributed by atoms with Gasteiger partial charge in [-0.25, -0.2) is 0 Å². The Labute approximate surface area is 411 Å². The molecule has 0 radical (unpaired) electrons. The van der Waals surface area contributed by atoms with Crippen molar-refractivity contribution < 1.29 is 23.8 Å². The third kappa shape index (κ3) is 54.2. The molecule has 1 unspecified atom stereocenters. The van der Waals surface area contributed by atoms with E-state index in [2.05, 4.69) is 81.5 Å². The predicted molar refractivity (Wildman–Crippen MR) is 288 cm³/mol. The molecule has 5 nitrogen and oxygen atoms in total. The van der Waals surface area contributed by atoms with Crippen LogP contribution in [-0.2, 0) is 23.8 Å². The highest BCUT2D eigenvalue weighted by atomic mass is 16.6. The van der Waals surface area contributed by atoms with Crippen LogP contribution in [0.1, 0.15) is 290 Å². The number of unbranched alkanes of at least 4 members (excludes halogenated alkanes) is 32.